The Morgan fingerprint density at radius 3 is 2.76 bits per heavy atom. The molecule has 0 bridgehead atoms. The van der Waals surface area contributed by atoms with Crippen LogP contribution in [0.5, 0.6) is 5.75 Å². The third kappa shape index (κ3) is 3.99. The standard InChI is InChI=1S/C17H20N2O2/c1-3-21-15-6-4-5-13(9-15)11-19-17(20)14-8-7-12(2)16(18)10-14/h4-10H,3,11,18H2,1-2H3,(H,19,20). The van der Waals surface area contributed by atoms with Crippen LogP contribution in [-0.2, 0) is 6.54 Å². The molecule has 2 aromatic carbocycles. The molecular formula is C17H20N2O2. The molecule has 21 heavy (non-hydrogen) atoms. The van der Waals surface area contributed by atoms with Crippen molar-refractivity contribution in [2.24, 2.45) is 0 Å². The smallest absolute Gasteiger partial charge is 0.251 e. The van der Waals surface area contributed by atoms with Crippen LogP contribution in [0.4, 0.5) is 5.69 Å². The Morgan fingerprint density at radius 2 is 2.05 bits per heavy atom. The number of anilines is 1. The quantitative estimate of drug-likeness (QED) is 0.830. The van der Waals surface area contributed by atoms with Gasteiger partial charge in [0.25, 0.3) is 5.91 Å². The Morgan fingerprint density at radius 1 is 1.24 bits per heavy atom. The Balaban J connectivity index is 2.00. The number of carbonyl (C=O) groups excluding carboxylic acids is 1. The number of benzene rings is 2. The van der Waals surface area contributed by atoms with Gasteiger partial charge < -0.3 is 15.8 Å². The molecule has 110 valence electrons. The monoisotopic (exact) mass is 284 g/mol. The van der Waals surface area contributed by atoms with Crippen LogP contribution in [0.25, 0.3) is 0 Å². The van der Waals surface area contributed by atoms with Gasteiger partial charge in [0.1, 0.15) is 5.75 Å². The highest BCUT2D eigenvalue weighted by Gasteiger charge is 2.07. The molecule has 0 saturated heterocycles. The van der Waals surface area contributed by atoms with Crippen molar-refractivity contribution in [3.63, 3.8) is 0 Å². The third-order valence-electron chi connectivity index (χ3n) is 3.20. The average Bonchev–Trinajstić information content (AvgIpc) is 2.48. The molecule has 0 atom stereocenters. The molecule has 0 radical (unpaired) electrons. The predicted octanol–water partition coefficient (Wildman–Crippen LogP) is 2.91. The van der Waals surface area contributed by atoms with Crippen molar-refractivity contribution in [2.75, 3.05) is 12.3 Å². The van der Waals surface area contributed by atoms with Gasteiger partial charge in [-0.05, 0) is 49.2 Å². The van der Waals surface area contributed by atoms with E-state index in [4.69, 9.17) is 10.5 Å². The lowest BCUT2D eigenvalue weighted by Gasteiger charge is -2.09. The van der Waals surface area contributed by atoms with Crippen LogP contribution in [0.3, 0.4) is 0 Å². The molecule has 0 aromatic heterocycles. The first-order valence-corrected chi connectivity index (χ1v) is 6.96. The van der Waals surface area contributed by atoms with E-state index < -0.39 is 0 Å². The number of aryl methyl sites for hydroxylation is 1. The van der Waals surface area contributed by atoms with Gasteiger partial charge >= 0.3 is 0 Å². The van der Waals surface area contributed by atoms with Gasteiger partial charge in [-0.3, -0.25) is 4.79 Å². The summed E-state index contributed by atoms with van der Waals surface area (Å²) in [5.41, 5.74) is 8.98. The van der Waals surface area contributed by atoms with Gasteiger partial charge in [0.05, 0.1) is 6.61 Å². The Kier molecular flexibility index (Phi) is 4.82. The second-order valence-electron chi connectivity index (χ2n) is 4.83. The van der Waals surface area contributed by atoms with Gasteiger partial charge in [0.2, 0.25) is 0 Å². The maximum Gasteiger partial charge on any atom is 0.251 e. The molecule has 0 aliphatic carbocycles. The van der Waals surface area contributed by atoms with Gasteiger partial charge in [0, 0.05) is 17.8 Å². The lowest BCUT2D eigenvalue weighted by Crippen LogP contribution is -2.22. The lowest BCUT2D eigenvalue weighted by molar-refractivity contribution is 0.0951. The predicted molar refractivity (Wildman–Crippen MR) is 84.4 cm³/mol. The topological polar surface area (TPSA) is 64.3 Å². The average molecular weight is 284 g/mol. The fraction of sp³-hybridized carbons (Fsp3) is 0.235. The summed E-state index contributed by atoms with van der Waals surface area (Å²) >= 11 is 0. The van der Waals surface area contributed by atoms with Crippen molar-refractivity contribution in [3.8, 4) is 5.75 Å². The van der Waals surface area contributed by atoms with Gasteiger partial charge in [-0.25, -0.2) is 0 Å². The minimum atomic E-state index is -0.136. The second-order valence-corrected chi connectivity index (χ2v) is 4.83. The highest BCUT2D eigenvalue weighted by Crippen LogP contribution is 2.15. The number of hydrogen-bond acceptors (Lipinski definition) is 3. The minimum absolute atomic E-state index is 0.136. The molecule has 0 heterocycles. The van der Waals surface area contributed by atoms with Crippen molar-refractivity contribution in [2.45, 2.75) is 20.4 Å². The molecule has 0 fully saturated rings. The van der Waals surface area contributed by atoms with E-state index in [1.807, 2.05) is 44.2 Å². The van der Waals surface area contributed by atoms with E-state index in [1.165, 1.54) is 0 Å². The van der Waals surface area contributed by atoms with Crippen molar-refractivity contribution < 1.29 is 9.53 Å². The van der Waals surface area contributed by atoms with Crippen LogP contribution in [0.1, 0.15) is 28.4 Å². The Hall–Kier alpha value is -2.49. The summed E-state index contributed by atoms with van der Waals surface area (Å²) in [7, 11) is 0. The van der Waals surface area contributed by atoms with E-state index in [2.05, 4.69) is 5.32 Å². The van der Waals surface area contributed by atoms with Crippen molar-refractivity contribution >= 4 is 11.6 Å². The fourth-order valence-electron chi connectivity index (χ4n) is 1.98. The minimum Gasteiger partial charge on any atom is -0.494 e. The highest BCUT2D eigenvalue weighted by atomic mass is 16.5. The number of nitrogens with two attached hydrogens (primary N) is 1. The first kappa shape index (κ1) is 14.9. The van der Waals surface area contributed by atoms with E-state index in [-0.39, 0.29) is 5.91 Å². The largest absolute Gasteiger partial charge is 0.494 e. The molecule has 3 N–H and O–H groups in total. The molecule has 0 spiro atoms. The summed E-state index contributed by atoms with van der Waals surface area (Å²) in [5.74, 6) is 0.673. The number of carbonyl (C=O) groups is 1. The first-order chi connectivity index (χ1) is 10.1. The number of nitrogens with one attached hydrogen (secondary N) is 1. The zero-order chi connectivity index (χ0) is 15.2. The summed E-state index contributed by atoms with van der Waals surface area (Å²) in [5, 5.41) is 2.88. The molecule has 4 heteroatoms. The molecule has 2 rings (SSSR count). The zero-order valence-electron chi connectivity index (χ0n) is 12.3. The number of hydrogen-bond donors (Lipinski definition) is 2. The summed E-state index contributed by atoms with van der Waals surface area (Å²) in [6.07, 6.45) is 0. The Labute approximate surface area is 124 Å². The van der Waals surface area contributed by atoms with Crippen LogP contribution in [0, 0.1) is 6.92 Å². The lowest BCUT2D eigenvalue weighted by atomic mass is 10.1. The second kappa shape index (κ2) is 6.79. The summed E-state index contributed by atoms with van der Waals surface area (Å²) < 4.78 is 5.44. The normalized spacial score (nSPS) is 10.2. The zero-order valence-corrected chi connectivity index (χ0v) is 12.3. The van der Waals surface area contributed by atoms with Crippen LogP contribution in [0.2, 0.25) is 0 Å². The van der Waals surface area contributed by atoms with E-state index in [0.717, 1.165) is 16.9 Å². The molecule has 4 nitrogen and oxygen atoms in total. The molecule has 0 saturated carbocycles. The van der Waals surface area contributed by atoms with Crippen molar-refractivity contribution in [1.29, 1.82) is 0 Å². The maximum absolute atomic E-state index is 12.1. The van der Waals surface area contributed by atoms with Crippen LogP contribution < -0.4 is 15.8 Å². The number of nitrogen functional groups attached to an aromatic ring is 1. The molecular weight excluding hydrogens is 264 g/mol. The summed E-state index contributed by atoms with van der Waals surface area (Å²) in [4.78, 5) is 12.1. The molecule has 0 unspecified atom stereocenters. The Bertz CT molecular complexity index is 638. The van der Waals surface area contributed by atoms with Gasteiger partial charge in [-0.2, -0.15) is 0 Å². The molecule has 2 aromatic rings. The summed E-state index contributed by atoms with van der Waals surface area (Å²) in [6, 6.07) is 13.0. The van der Waals surface area contributed by atoms with Crippen LogP contribution in [-0.4, -0.2) is 12.5 Å². The van der Waals surface area contributed by atoms with E-state index in [9.17, 15) is 4.79 Å². The number of ether oxygens (including phenoxy) is 1. The SMILES string of the molecule is CCOc1cccc(CNC(=O)c2ccc(C)c(N)c2)c1. The first-order valence-electron chi connectivity index (χ1n) is 6.96. The van der Waals surface area contributed by atoms with Gasteiger partial charge in [0.15, 0.2) is 0 Å². The molecule has 0 aliphatic heterocycles. The molecule has 1 amide bonds. The number of amides is 1. The van der Waals surface area contributed by atoms with Gasteiger partial charge in [-0.15, -0.1) is 0 Å². The fourth-order valence-corrected chi connectivity index (χ4v) is 1.98. The van der Waals surface area contributed by atoms with Gasteiger partial charge in [-0.1, -0.05) is 18.2 Å². The summed E-state index contributed by atoms with van der Waals surface area (Å²) in [6.45, 7) is 4.93. The van der Waals surface area contributed by atoms with E-state index in [1.54, 1.807) is 12.1 Å². The third-order valence-corrected chi connectivity index (χ3v) is 3.20. The highest BCUT2D eigenvalue weighted by molar-refractivity contribution is 5.95. The number of rotatable bonds is 5. The van der Waals surface area contributed by atoms with Crippen LogP contribution >= 0.6 is 0 Å². The van der Waals surface area contributed by atoms with Crippen LogP contribution in [0.15, 0.2) is 42.5 Å². The van der Waals surface area contributed by atoms with E-state index in [0.29, 0.717) is 24.4 Å². The van der Waals surface area contributed by atoms with E-state index >= 15 is 0 Å². The van der Waals surface area contributed by atoms with Crippen molar-refractivity contribution in [3.05, 3.63) is 59.2 Å². The maximum atomic E-state index is 12.1. The van der Waals surface area contributed by atoms with Crippen molar-refractivity contribution in [1.82, 2.24) is 5.32 Å². The molecule has 0 aliphatic rings.